The summed E-state index contributed by atoms with van der Waals surface area (Å²) in [5.41, 5.74) is 0.912. The standard InChI is InChI=1S/C16H14ClN3OS/c17-14-6-2-1-5-12(14)10-18-15(21)9-13-11-19-16(22-13)20-7-3-4-8-20/h1-8,11H,9-10H2,(H,18,21). The molecule has 0 saturated carbocycles. The number of nitrogens with zero attached hydrogens (tertiary/aromatic N) is 2. The number of carbonyl (C=O) groups is 1. The highest BCUT2D eigenvalue weighted by molar-refractivity contribution is 7.14. The molecule has 0 saturated heterocycles. The minimum Gasteiger partial charge on any atom is -0.352 e. The number of carbonyl (C=O) groups excluding carboxylic acids is 1. The number of thiazole rings is 1. The van der Waals surface area contributed by atoms with Gasteiger partial charge in [-0.1, -0.05) is 29.8 Å². The molecule has 0 aliphatic carbocycles. The van der Waals surface area contributed by atoms with E-state index in [-0.39, 0.29) is 5.91 Å². The summed E-state index contributed by atoms with van der Waals surface area (Å²) < 4.78 is 1.93. The predicted octanol–water partition coefficient (Wildman–Crippen LogP) is 3.45. The lowest BCUT2D eigenvalue weighted by Gasteiger charge is -2.05. The van der Waals surface area contributed by atoms with E-state index in [2.05, 4.69) is 10.3 Å². The van der Waals surface area contributed by atoms with Crippen LogP contribution in [0.3, 0.4) is 0 Å². The third-order valence-corrected chi connectivity index (χ3v) is 4.51. The molecule has 0 radical (unpaired) electrons. The number of hydrogen-bond acceptors (Lipinski definition) is 3. The van der Waals surface area contributed by atoms with Crippen molar-refractivity contribution in [3.8, 4) is 5.13 Å². The predicted molar refractivity (Wildman–Crippen MR) is 88.4 cm³/mol. The SMILES string of the molecule is O=C(Cc1cnc(-n2cccc2)s1)NCc1ccccc1Cl. The maximum absolute atomic E-state index is 12.0. The van der Waals surface area contributed by atoms with E-state index >= 15 is 0 Å². The summed E-state index contributed by atoms with van der Waals surface area (Å²) in [5, 5.41) is 4.40. The third kappa shape index (κ3) is 3.55. The number of aromatic nitrogens is 2. The highest BCUT2D eigenvalue weighted by Gasteiger charge is 2.09. The summed E-state index contributed by atoms with van der Waals surface area (Å²) >= 11 is 7.57. The zero-order valence-corrected chi connectivity index (χ0v) is 13.3. The van der Waals surface area contributed by atoms with Crippen molar-refractivity contribution in [2.75, 3.05) is 0 Å². The van der Waals surface area contributed by atoms with Gasteiger partial charge >= 0.3 is 0 Å². The molecule has 6 heteroatoms. The molecule has 0 bridgehead atoms. The van der Waals surface area contributed by atoms with Crippen molar-refractivity contribution < 1.29 is 4.79 Å². The maximum Gasteiger partial charge on any atom is 0.225 e. The molecule has 0 aliphatic rings. The average molecular weight is 332 g/mol. The minimum absolute atomic E-state index is 0.0392. The number of halogens is 1. The average Bonchev–Trinajstić information content (AvgIpc) is 3.17. The molecule has 1 aromatic carbocycles. The van der Waals surface area contributed by atoms with Crippen LogP contribution in [0.4, 0.5) is 0 Å². The first-order valence-electron chi connectivity index (χ1n) is 6.80. The Morgan fingerprint density at radius 2 is 2.00 bits per heavy atom. The van der Waals surface area contributed by atoms with Gasteiger partial charge in [0.25, 0.3) is 0 Å². The monoisotopic (exact) mass is 331 g/mol. The normalized spacial score (nSPS) is 10.6. The van der Waals surface area contributed by atoms with E-state index < -0.39 is 0 Å². The van der Waals surface area contributed by atoms with E-state index in [1.165, 1.54) is 11.3 Å². The maximum atomic E-state index is 12.0. The molecule has 1 N–H and O–H groups in total. The quantitative estimate of drug-likeness (QED) is 0.778. The van der Waals surface area contributed by atoms with E-state index in [4.69, 9.17) is 11.6 Å². The first kappa shape index (κ1) is 14.8. The van der Waals surface area contributed by atoms with Gasteiger partial charge in [-0.3, -0.25) is 4.79 Å². The van der Waals surface area contributed by atoms with Crippen LogP contribution in [0.2, 0.25) is 5.02 Å². The van der Waals surface area contributed by atoms with E-state index in [9.17, 15) is 4.79 Å². The Labute approximate surface area is 137 Å². The highest BCUT2D eigenvalue weighted by Crippen LogP contribution is 2.18. The molecular weight excluding hydrogens is 318 g/mol. The molecule has 2 aromatic heterocycles. The largest absolute Gasteiger partial charge is 0.352 e. The van der Waals surface area contributed by atoms with Crippen LogP contribution in [0.5, 0.6) is 0 Å². The van der Waals surface area contributed by atoms with Crippen molar-refractivity contribution in [2.24, 2.45) is 0 Å². The Morgan fingerprint density at radius 1 is 1.23 bits per heavy atom. The van der Waals surface area contributed by atoms with Crippen molar-refractivity contribution in [1.82, 2.24) is 14.9 Å². The number of benzene rings is 1. The van der Waals surface area contributed by atoms with Crippen LogP contribution in [0.1, 0.15) is 10.4 Å². The van der Waals surface area contributed by atoms with Crippen LogP contribution in [-0.4, -0.2) is 15.5 Å². The van der Waals surface area contributed by atoms with Crippen molar-refractivity contribution >= 4 is 28.8 Å². The molecule has 0 spiro atoms. The number of nitrogens with one attached hydrogen (secondary N) is 1. The van der Waals surface area contributed by atoms with Gasteiger partial charge in [0.05, 0.1) is 6.42 Å². The van der Waals surface area contributed by atoms with Crippen LogP contribution >= 0.6 is 22.9 Å². The van der Waals surface area contributed by atoms with Gasteiger partial charge in [-0.05, 0) is 23.8 Å². The number of rotatable bonds is 5. The van der Waals surface area contributed by atoms with Gasteiger partial charge in [0.15, 0.2) is 5.13 Å². The molecule has 2 heterocycles. The van der Waals surface area contributed by atoms with Gasteiger partial charge in [0.2, 0.25) is 5.91 Å². The zero-order valence-electron chi connectivity index (χ0n) is 11.7. The first-order chi connectivity index (χ1) is 10.7. The number of amides is 1. The Kier molecular flexibility index (Phi) is 4.56. The lowest BCUT2D eigenvalue weighted by atomic mass is 10.2. The highest BCUT2D eigenvalue weighted by atomic mass is 35.5. The van der Waals surface area contributed by atoms with Crippen molar-refractivity contribution in [1.29, 1.82) is 0 Å². The van der Waals surface area contributed by atoms with Gasteiger partial charge in [-0.15, -0.1) is 11.3 Å². The first-order valence-corrected chi connectivity index (χ1v) is 8.00. The lowest BCUT2D eigenvalue weighted by molar-refractivity contribution is -0.120. The molecule has 0 atom stereocenters. The molecular formula is C16H14ClN3OS. The molecule has 1 amide bonds. The van der Waals surface area contributed by atoms with Crippen molar-refractivity contribution in [2.45, 2.75) is 13.0 Å². The van der Waals surface area contributed by atoms with E-state index in [1.807, 2.05) is 53.4 Å². The Balaban J connectivity index is 1.57. The Bertz CT molecular complexity index is 767. The number of hydrogen-bond donors (Lipinski definition) is 1. The third-order valence-electron chi connectivity index (χ3n) is 3.14. The molecule has 4 nitrogen and oxygen atoms in total. The summed E-state index contributed by atoms with van der Waals surface area (Å²) in [6.07, 6.45) is 5.93. The molecule has 3 rings (SSSR count). The molecule has 112 valence electrons. The summed E-state index contributed by atoms with van der Waals surface area (Å²) in [6.45, 7) is 0.432. The molecule has 22 heavy (non-hydrogen) atoms. The summed E-state index contributed by atoms with van der Waals surface area (Å²) in [4.78, 5) is 17.3. The summed E-state index contributed by atoms with van der Waals surface area (Å²) in [6, 6.07) is 11.4. The fourth-order valence-corrected chi connectivity index (χ4v) is 3.09. The molecule has 0 fully saturated rings. The lowest BCUT2D eigenvalue weighted by Crippen LogP contribution is -2.24. The fraction of sp³-hybridized carbons (Fsp3) is 0.125. The van der Waals surface area contributed by atoms with Gasteiger partial charge < -0.3 is 9.88 Å². The topological polar surface area (TPSA) is 46.9 Å². The molecule has 0 aliphatic heterocycles. The van der Waals surface area contributed by atoms with Crippen LogP contribution in [0.25, 0.3) is 5.13 Å². The second kappa shape index (κ2) is 6.77. The van der Waals surface area contributed by atoms with E-state index in [0.717, 1.165) is 15.6 Å². The van der Waals surface area contributed by atoms with Gasteiger partial charge in [-0.25, -0.2) is 4.98 Å². The Morgan fingerprint density at radius 3 is 2.77 bits per heavy atom. The van der Waals surface area contributed by atoms with E-state index in [1.54, 1.807) is 6.20 Å². The smallest absolute Gasteiger partial charge is 0.225 e. The van der Waals surface area contributed by atoms with Crippen LogP contribution in [0, 0.1) is 0 Å². The van der Waals surface area contributed by atoms with Gasteiger partial charge in [0, 0.05) is 35.0 Å². The van der Waals surface area contributed by atoms with Crippen molar-refractivity contribution in [3.05, 3.63) is 70.5 Å². The summed E-state index contributed by atoms with van der Waals surface area (Å²) in [5.74, 6) is -0.0392. The van der Waals surface area contributed by atoms with Crippen LogP contribution in [0.15, 0.2) is 55.0 Å². The summed E-state index contributed by atoms with van der Waals surface area (Å²) in [7, 11) is 0. The van der Waals surface area contributed by atoms with Crippen LogP contribution < -0.4 is 5.32 Å². The van der Waals surface area contributed by atoms with Gasteiger partial charge in [-0.2, -0.15) is 0 Å². The van der Waals surface area contributed by atoms with Crippen molar-refractivity contribution in [3.63, 3.8) is 0 Å². The Hall–Kier alpha value is -2.11. The molecule has 3 aromatic rings. The zero-order chi connectivity index (χ0) is 15.4. The fourth-order valence-electron chi connectivity index (χ4n) is 2.02. The second-order valence-corrected chi connectivity index (χ2v) is 6.25. The van der Waals surface area contributed by atoms with Gasteiger partial charge in [0.1, 0.15) is 0 Å². The van der Waals surface area contributed by atoms with Crippen LogP contribution in [-0.2, 0) is 17.8 Å². The minimum atomic E-state index is -0.0392. The molecule has 0 unspecified atom stereocenters. The second-order valence-electron chi connectivity index (χ2n) is 4.74. The van der Waals surface area contributed by atoms with E-state index in [0.29, 0.717) is 18.0 Å².